The highest BCUT2D eigenvalue weighted by Crippen LogP contribution is 2.52. The van der Waals surface area contributed by atoms with E-state index in [-0.39, 0.29) is 84.3 Å². The van der Waals surface area contributed by atoms with Crippen molar-refractivity contribution < 1.29 is 27.6 Å². The highest BCUT2D eigenvalue weighted by molar-refractivity contribution is 7.62. The minimum atomic E-state index is -2.08. The van der Waals surface area contributed by atoms with E-state index >= 15 is 8.78 Å². The van der Waals surface area contributed by atoms with Crippen molar-refractivity contribution in [3.8, 4) is 29.0 Å². The zero-order chi connectivity index (χ0) is 40.2. The SMILES string of the molecule is C[C@H](c1cccnc1N)N1CCOc2c(Cl)c(-c3ccc(F)c4sc(N)c(C#N)c34)c(F)c3nc(OCC45CCCN4C[C@H](COCCCP(C)(C)=O)C5)nc1c23. The number of aromatic nitrogens is 3. The molecule has 17 heteroatoms. The predicted octanol–water partition coefficient (Wildman–Crippen LogP) is 8.10. The zero-order valence-corrected chi connectivity index (χ0v) is 34.5. The fourth-order valence-corrected chi connectivity index (χ4v) is 11.0. The van der Waals surface area contributed by atoms with Crippen LogP contribution in [0.1, 0.15) is 49.8 Å². The number of nitrogens with two attached hydrogens (primary N) is 2. The molecular formula is C40H44ClF2N8O4PS. The molecule has 0 spiro atoms. The lowest BCUT2D eigenvalue weighted by Crippen LogP contribution is -2.43. The first-order valence-corrected chi connectivity index (χ1v) is 23.0. The summed E-state index contributed by atoms with van der Waals surface area (Å²) in [5.41, 5.74) is 13.0. The molecule has 8 rings (SSSR count). The van der Waals surface area contributed by atoms with Gasteiger partial charge in [0.25, 0.3) is 0 Å². The summed E-state index contributed by atoms with van der Waals surface area (Å²) in [6.45, 7) is 9.27. The van der Waals surface area contributed by atoms with Crippen LogP contribution in [-0.4, -0.2) is 90.9 Å². The van der Waals surface area contributed by atoms with Crippen molar-refractivity contribution in [3.05, 3.63) is 58.2 Å². The van der Waals surface area contributed by atoms with Gasteiger partial charge in [0.2, 0.25) is 0 Å². The molecule has 57 heavy (non-hydrogen) atoms. The minimum absolute atomic E-state index is 0.0277. The van der Waals surface area contributed by atoms with E-state index < -0.39 is 18.8 Å². The largest absolute Gasteiger partial charge is 0.489 e. The van der Waals surface area contributed by atoms with Gasteiger partial charge in [0, 0.05) is 42.0 Å². The average Bonchev–Trinajstić information content (AvgIpc) is 3.79. The second-order valence-electron chi connectivity index (χ2n) is 15.7. The van der Waals surface area contributed by atoms with E-state index in [0.29, 0.717) is 43.5 Å². The summed E-state index contributed by atoms with van der Waals surface area (Å²) in [7, 11) is -2.08. The van der Waals surface area contributed by atoms with Gasteiger partial charge in [-0.05, 0) is 76.1 Å². The molecule has 2 aromatic carbocycles. The molecule has 0 amide bonds. The number of ether oxygens (including phenoxy) is 3. The molecule has 1 unspecified atom stereocenters. The van der Waals surface area contributed by atoms with Crippen molar-refractivity contribution in [2.75, 3.05) is 81.9 Å². The fraction of sp³-hybridized carbons (Fsp3) is 0.450. The molecule has 0 aliphatic carbocycles. The number of thiophene rings is 1. The number of halogens is 3. The van der Waals surface area contributed by atoms with E-state index in [2.05, 4.69) is 16.0 Å². The fourth-order valence-electron chi connectivity index (χ4n) is 8.82. The second-order valence-corrected chi connectivity index (χ2v) is 20.7. The topological polar surface area (TPSA) is 166 Å². The lowest BCUT2D eigenvalue weighted by molar-refractivity contribution is 0.0989. The van der Waals surface area contributed by atoms with Crippen LogP contribution in [0.3, 0.4) is 0 Å². The Hall–Kier alpha value is -4.32. The maximum Gasteiger partial charge on any atom is 0.319 e. The molecule has 3 atom stereocenters. The summed E-state index contributed by atoms with van der Waals surface area (Å²) in [6.07, 6.45) is 5.84. The van der Waals surface area contributed by atoms with Gasteiger partial charge < -0.3 is 35.1 Å². The first-order chi connectivity index (χ1) is 27.3. The molecule has 2 fully saturated rings. The van der Waals surface area contributed by atoms with Crippen molar-refractivity contribution in [1.82, 2.24) is 19.9 Å². The Morgan fingerprint density at radius 2 is 2.04 bits per heavy atom. The van der Waals surface area contributed by atoms with Crippen LogP contribution in [0, 0.1) is 28.9 Å². The van der Waals surface area contributed by atoms with Crippen molar-refractivity contribution in [3.63, 3.8) is 0 Å². The predicted molar refractivity (Wildman–Crippen MR) is 221 cm³/mol. The van der Waals surface area contributed by atoms with Gasteiger partial charge in [-0.3, -0.25) is 4.90 Å². The molecule has 2 saturated heterocycles. The number of hydrogen-bond acceptors (Lipinski definition) is 13. The number of nitrogen functional groups attached to an aromatic ring is 2. The van der Waals surface area contributed by atoms with E-state index in [9.17, 15) is 9.83 Å². The Labute approximate surface area is 338 Å². The van der Waals surface area contributed by atoms with Gasteiger partial charge in [-0.2, -0.15) is 15.2 Å². The summed E-state index contributed by atoms with van der Waals surface area (Å²) in [6, 6.07) is 7.92. The van der Waals surface area contributed by atoms with Gasteiger partial charge in [0.15, 0.2) is 11.6 Å². The van der Waals surface area contributed by atoms with Crippen LogP contribution in [-0.2, 0) is 9.30 Å². The van der Waals surface area contributed by atoms with Crippen molar-refractivity contribution in [1.29, 1.82) is 5.26 Å². The lowest BCUT2D eigenvalue weighted by Gasteiger charge is -2.32. The Kier molecular flexibility index (Phi) is 10.7. The van der Waals surface area contributed by atoms with Gasteiger partial charge in [0.1, 0.15) is 47.3 Å². The normalized spacial score (nSPS) is 20.1. The third kappa shape index (κ3) is 7.25. The molecule has 3 aliphatic rings. The number of nitrogens with zero attached hydrogens (tertiary/aromatic N) is 6. The number of benzene rings is 2. The third-order valence-electron chi connectivity index (χ3n) is 11.5. The van der Waals surface area contributed by atoms with Gasteiger partial charge in [-0.15, -0.1) is 11.3 Å². The number of fused-ring (bicyclic) bond motifs is 2. The molecule has 3 aliphatic heterocycles. The van der Waals surface area contributed by atoms with Crippen LogP contribution in [0.25, 0.3) is 32.1 Å². The molecule has 300 valence electrons. The van der Waals surface area contributed by atoms with Gasteiger partial charge in [0.05, 0.1) is 52.5 Å². The Morgan fingerprint density at radius 1 is 1.21 bits per heavy atom. The van der Waals surface area contributed by atoms with E-state index in [0.717, 1.165) is 55.7 Å². The monoisotopic (exact) mass is 836 g/mol. The number of pyridine rings is 1. The summed E-state index contributed by atoms with van der Waals surface area (Å²) in [5.74, 6) is -0.271. The Morgan fingerprint density at radius 3 is 2.81 bits per heavy atom. The molecule has 0 radical (unpaired) electrons. The van der Waals surface area contributed by atoms with E-state index in [4.69, 9.17) is 47.2 Å². The smallest absolute Gasteiger partial charge is 0.319 e. The molecule has 5 aromatic rings. The molecule has 3 aromatic heterocycles. The second kappa shape index (κ2) is 15.5. The first kappa shape index (κ1) is 39.5. The minimum Gasteiger partial charge on any atom is -0.489 e. The van der Waals surface area contributed by atoms with Crippen LogP contribution in [0.15, 0.2) is 30.5 Å². The lowest BCUT2D eigenvalue weighted by atomic mass is 9.91. The quantitative estimate of drug-likeness (QED) is 0.0918. The summed E-state index contributed by atoms with van der Waals surface area (Å²) in [5, 5.41) is 10.5. The van der Waals surface area contributed by atoms with Crippen molar-refractivity contribution in [2.45, 2.75) is 44.2 Å². The molecule has 6 heterocycles. The number of anilines is 3. The molecular weight excluding hydrogens is 793 g/mol. The van der Waals surface area contributed by atoms with E-state index in [1.54, 1.807) is 25.6 Å². The van der Waals surface area contributed by atoms with Crippen molar-refractivity contribution in [2.24, 2.45) is 5.92 Å². The maximum absolute atomic E-state index is 17.5. The van der Waals surface area contributed by atoms with Crippen LogP contribution in [0.5, 0.6) is 11.8 Å². The van der Waals surface area contributed by atoms with Crippen LogP contribution >= 0.6 is 30.1 Å². The van der Waals surface area contributed by atoms with Gasteiger partial charge in [-0.25, -0.2) is 13.8 Å². The average molecular weight is 837 g/mol. The Balaban J connectivity index is 1.21. The van der Waals surface area contributed by atoms with Crippen LogP contribution in [0.2, 0.25) is 5.02 Å². The van der Waals surface area contributed by atoms with E-state index in [1.165, 1.54) is 12.1 Å². The molecule has 0 saturated carbocycles. The van der Waals surface area contributed by atoms with Crippen LogP contribution in [0.4, 0.5) is 25.4 Å². The highest BCUT2D eigenvalue weighted by atomic mass is 35.5. The van der Waals surface area contributed by atoms with Crippen LogP contribution < -0.4 is 25.8 Å². The number of hydrogen-bond donors (Lipinski definition) is 2. The standard InChI is InChI=1S/C40H44ClF2N8O4PS/c1-22(24-7-4-11-47-36(24)45)51-13-15-54-34-30-33(32(43)29(31(34)41)25-8-9-27(42)35-28(25)26(18-44)37(46)57-35)48-39(49-38(30)51)55-21-40-10-5-12-50(40)19-23(17-40)20-53-14-6-16-56(2,3)52/h4,7-9,11,22-23H,5-6,10,12-17,19-21,46H2,1-3H3,(H2,45,47)/t22-,23-,40?/m1/s1. The molecule has 4 N–H and O–H groups in total. The molecule has 0 bridgehead atoms. The third-order valence-corrected chi connectivity index (χ3v) is 14.3. The maximum atomic E-state index is 17.5. The summed E-state index contributed by atoms with van der Waals surface area (Å²) in [4.78, 5) is 18.4. The Bertz CT molecular complexity index is 2480. The number of nitriles is 1. The molecule has 12 nitrogen and oxygen atoms in total. The van der Waals surface area contributed by atoms with Gasteiger partial charge in [-0.1, -0.05) is 23.7 Å². The van der Waals surface area contributed by atoms with Crippen molar-refractivity contribution >= 4 is 67.7 Å². The zero-order valence-electron chi connectivity index (χ0n) is 32.0. The number of rotatable bonds is 12. The highest BCUT2D eigenvalue weighted by Gasteiger charge is 2.49. The summed E-state index contributed by atoms with van der Waals surface area (Å²) >= 11 is 8.03. The summed E-state index contributed by atoms with van der Waals surface area (Å²) < 4.78 is 63.8. The van der Waals surface area contributed by atoms with E-state index in [1.807, 2.05) is 17.9 Å². The first-order valence-electron chi connectivity index (χ1n) is 19.0. The van der Waals surface area contributed by atoms with Gasteiger partial charge >= 0.3 is 6.01 Å².